The molecule has 0 bridgehead atoms. The van der Waals surface area contributed by atoms with Crippen molar-refractivity contribution in [3.8, 4) is 0 Å². The molecule has 2 aliphatic rings. The van der Waals surface area contributed by atoms with Crippen LogP contribution in [-0.4, -0.2) is 34.0 Å². The summed E-state index contributed by atoms with van der Waals surface area (Å²) in [7, 11) is 0. The summed E-state index contributed by atoms with van der Waals surface area (Å²) in [5.41, 5.74) is 1.18. The molecule has 1 aromatic heterocycles. The molecule has 0 N–H and O–H groups in total. The Bertz CT molecular complexity index is 769. The van der Waals surface area contributed by atoms with Gasteiger partial charge in [-0.2, -0.15) is 4.98 Å². The summed E-state index contributed by atoms with van der Waals surface area (Å²) in [5, 5.41) is 4.26. The van der Waals surface area contributed by atoms with Gasteiger partial charge in [-0.15, -0.1) is 0 Å². The average molecular weight is 367 g/mol. The maximum Gasteiger partial charge on any atom is 0.223 e. The lowest BCUT2D eigenvalue weighted by atomic mass is 9.74. The maximum atomic E-state index is 12.9. The predicted octanol–water partition coefficient (Wildman–Crippen LogP) is 4.06. The van der Waals surface area contributed by atoms with Crippen molar-refractivity contribution in [2.24, 2.45) is 5.92 Å². The summed E-state index contributed by atoms with van der Waals surface area (Å²) in [6.45, 7) is 3.44. The van der Waals surface area contributed by atoms with Crippen LogP contribution in [0, 0.1) is 12.8 Å². The van der Waals surface area contributed by atoms with Gasteiger partial charge in [0.25, 0.3) is 0 Å². The minimum atomic E-state index is -0.119. The fourth-order valence-electron chi connectivity index (χ4n) is 4.42. The van der Waals surface area contributed by atoms with E-state index in [0.29, 0.717) is 12.3 Å². The molecule has 1 saturated heterocycles. The number of benzene rings is 1. The second-order valence-corrected chi connectivity index (χ2v) is 8.32. The molecule has 4 rings (SSSR count). The van der Waals surface area contributed by atoms with Crippen molar-refractivity contribution in [2.45, 2.75) is 63.7 Å². The number of aryl methyl sites for hydroxylation is 2. The molecule has 1 atom stereocenters. The predicted molar refractivity (Wildman–Crippen MR) is 103 cm³/mol. The minimum Gasteiger partial charge on any atom is -0.342 e. The van der Waals surface area contributed by atoms with E-state index in [1.54, 1.807) is 0 Å². The van der Waals surface area contributed by atoms with Crippen molar-refractivity contribution >= 4 is 5.91 Å². The molecule has 1 aliphatic heterocycles. The second kappa shape index (κ2) is 7.83. The number of rotatable bonds is 7. The summed E-state index contributed by atoms with van der Waals surface area (Å²) in [6.07, 6.45) is 8.21. The number of piperidine rings is 1. The number of nitrogens with zero attached hydrogens (tertiary/aromatic N) is 3. The first-order valence-electron chi connectivity index (χ1n) is 10.3. The Morgan fingerprint density at radius 1 is 1.30 bits per heavy atom. The zero-order chi connectivity index (χ0) is 18.7. The van der Waals surface area contributed by atoms with E-state index in [4.69, 9.17) is 4.52 Å². The Morgan fingerprint density at radius 2 is 2.11 bits per heavy atom. The first kappa shape index (κ1) is 18.2. The van der Waals surface area contributed by atoms with Gasteiger partial charge in [0.15, 0.2) is 5.82 Å². The van der Waals surface area contributed by atoms with Gasteiger partial charge < -0.3 is 9.42 Å². The molecular formula is C22H29N3O2. The summed E-state index contributed by atoms with van der Waals surface area (Å²) in [5.74, 6) is 2.46. The van der Waals surface area contributed by atoms with Gasteiger partial charge >= 0.3 is 0 Å². The van der Waals surface area contributed by atoms with Crippen LogP contribution >= 0.6 is 0 Å². The van der Waals surface area contributed by atoms with Gasteiger partial charge in [-0.25, -0.2) is 0 Å². The van der Waals surface area contributed by atoms with E-state index in [9.17, 15) is 4.79 Å². The lowest BCUT2D eigenvalue weighted by Gasteiger charge is -2.41. The van der Waals surface area contributed by atoms with E-state index in [-0.39, 0.29) is 11.3 Å². The summed E-state index contributed by atoms with van der Waals surface area (Å²) in [4.78, 5) is 19.5. The van der Waals surface area contributed by atoms with Crippen LogP contribution in [0.1, 0.15) is 62.2 Å². The highest BCUT2D eigenvalue weighted by atomic mass is 16.5. The van der Waals surface area contributed by atoms with E-state index < -0.39 is 0 Å². The van der Waals surface area contributed by atoms with E-state index >= 15 is 0 Å². The van der Waals surface area contributed by atoms with E-state index in [0.717, 1.165) is 56.9 Å². The van der Waals surface area contributed by atoms with Crippen LogP contribution in [0.2, 0.25) is 0 Å². The van der Waals surface area contributed by atoms with Crippen LogP contribution < -0.4 is 0 Å². The van der Waals surface area contributed by atoms with Gasteiger partial charge in [0, 0.05) is 26.4 Å². The highest BCUT2D eigenvalue weighted by Gasteiger charge is 2.45. The third-order valence-electron chi connectivity index (χ3n) is 6.01. The molecule has 1 aliphatic carbocycles. The van der Waals surface area contributed by atoms with Gasteiger partial charge in [-0.1, -0.05) is 48.3 Å². The third-order valence-corrected chi connectivity index (χ3v) is 6.01. The van der Waals surface area contributed by atoms with Crippen LogP contribution in [0.15, 0.2) is 34.9 Å². The first-order valence-corrected chi connectivity index (χ1v) is 10.3. The quantitative estimate of drug-likeness (QED) is 0.740. The lowest BCUT2D eigenvalue weighted by molar-refractivity contribution is -0.133. The normalized spacial score (nSPS) is 22.8. The summed E-state index contributed by atoms with van der Waals surface area (Å²) in [6, 6.07) is 10.4. The maximum absolute atomic E-state index is 12.9. The lowest BCUT2D eigenvalue weighted by Crippen LogP contribution is -2.49. The van der Waals surface area contributed by atoms with Crippen LogP contribution in [0.4, 0.5) is 0 Å². The molecule has 5 heteroatoms. The number of likely N-dealkylation sites (tertiary alicyclic amines) is 1. The fraction of sp³-hybridized carbons (Fsp3) is 0.591. The molecule has 1 saturated carbocycles. The molecule has 1 amide bonds. The Hall–Kier alpha value is -2.17. The van der Waals surface area contributed by atoms with Gasteiger partial charge in [0.05, 0.1) is 5.41 Å². The monoisotopic (exact) mass is 367 g/mol. The van der Waals surface area contributed by atoms with Crippen molar-refractivity contribution in [3.63, 3.8) is 0 Å². The molecule has 2 heterocycles. The molecule has 2 aromatic rings. The largest absolute Gasteiger partial charge is 0.342 e. The number of carbonyl (C=O) groups excluding carboxylic acids is 1. The van der Waals surface area contributed by atoms with Gasteiger partial charge in [-0.3, -0.25) is 4.79 Å². The van der Waals surface area contributed by atoms with Crippen LogP contribution in [-0.2, 0) is 16.6 Å². The number of carbonyl (C=O) groups is 1. The molecule has 1 unspecified atom stereocenters. The zero-order valence-electron chi connectivity index (χ0n) is 16.2. The molecule has 144 valence electrons. The average Bonchev–Trinajstić information content (AvgIpc) is 3.38. The Labute approximate surface area is 161 Å². The van der Waals surface area contributed by atoms with E-state index in [2.05, 4.69) is 39.3 Å². The number of aromatic nitrogens is 2. The Morgan fingerprint density at radius 3 is 2.81 bits per heavy atom. The molecule has 1 aromatic carbocycles. The Balaban J connectivity index is 1.40. The smallest absolute Gasteiger partial charge is 0.223 e. The van der Waals surface area contributed by atoms with Gasteiger partial charge in [0.1, 0.15) is 0 Å². The van der Waals surface area contributed by atoms with Crippen LogP contribution in [0.3, 0.4) is 0 Å². The number of amides is 1. The molecule has 27 heavy (non-hydrogen) atoms. The Kier molecular flexibility index (Phi) is 5.28. The van der Waals surface area contributed by atoms with E-state index in [1.807, 2.05) is 13.0 Å². The zero-order valence-corrected chi connectivity index (χ0v) is 16.2. The molecule has 0 spiro atoms. The summed E-state index contributed by atoms with van der Waals surface area (Å²) < 4.78 is 5.29. The van der Waals surface area contributed by atoms with Crippen molar-refractivity contribution in [1.29, 1.82) is 0 Å². The van der Waals surface area contributed by atoms with Crippen molar-refractivity contribution in [2.75, 3.05) is 13.1 Å². The highest BCUT2D eigenvalue weighted by Crippen LogP contribution is 2.45. The highest BCUT2D eigenvalue weighted by molar-refractivity contribution is 5.76. The number of hydrogen-bond acceptors (Lipinski definition) is 4. The number of hydrogen-bond donors (Lipinski definition) is 0. The molecule has 2 fully saturated rings. The van der Waals surface area contributed by atoms with Crippen LogP contribution in [0.25, 0.3) is 0 Å². The topological polar surface area (TPSA) is 59.2 Å². The van der Waals surface area contributed by atoms with Crippen LogP contribution in [0.5, 0.6) is 0 Å². The molecule has 5 nitrogen and oxygen atoms in total. The minimum absolute atomic E-state index is 0.119. The molecule has 0 radical (unpaired) electrons. The standard InChI is InChI=1S/C22H29N3O2/c1-17-23-21(24-27-17)22(15-19-11-12-19)13-6-14-25(16-22)20(26)10-5-9-18-7-3-2-4-8-18/h2-4,7-8,19H,5-6,9-16H2,1H3. The fourth-order valence-corrected chi connectivity index (χ4v) is 4.42. The molecular weight excluding hydrogens is 338 g/mol. The summed E-state index contributed by atoms with van der Waals surface area (Å²) >= 11 is 0. The van der Waals surface area contributed by atoms with Gasteiger partial charge in [-0.05, 0) is 43.6 Å². The van der Waals surface area contributed by atoms with Gasteiger partial charge in [0.2, 0.25) is 11.8 Å². The third kappa shape index (κ3) is 4.40. The first-order chi connectivity index (χ1) is 13.1. The van der Waals surface area contributed by atoms with E-state index in [1.165, 1.54) is 18.4 Å². The second-order valence-electron chi connectivity index (χ2n) is 8.32. The van der Waals surface area contributed by atoms with Crippen molar-refractivity contribution in [1.82, 2.24) is 15.0 Å². The van der Waals surface area contributed by atoms with Crippen molar-refractivity contribution in [3.05, 3.63) is 47.6 Å². The van der Waals surface area contributed by atoms with Crippen molar-refractivity contribution < 1.29 is 9.32 Å². The SMILES string of the molecule is Cc1nc(C2(CC3CC3)CCCN(C(=O)CCCc3ccccc3)C2)no1.